The lowest BCUT2D eigenvalue weighted by atomic mass is 10.0. The molecule has 4 amide bonds. The van der Waals surface area contributed by atoms with Gasteiger partial charge in [0.15, 0.2) is 16.5 Å². The number of rotatable bonds is 4. The van der Waals surface area contributed by atoms with E-state index in [4.69, 9.17) is 21.6 Å². The van der Waals surface area contributed by atoms with Crippen molar-refractivity contribution in [3.05, 3.63) is 59.3 Å². The molecule has 1 atom stereocenters. The van der Waals surface area contributed by atoms with E-state index in [0.29, 0.717) is 42.1 Å². The number of carbonyl (C=O) groups is 4. The second kappa shape index (κ2) is 13.4. The Hall–Kier alpha value is -4.93. The Bertz CT molecular complexity index is 2740. The zero-order chi connectivity index (χ0) is 37.5. The van der Waals surface area contributed by atoms with Crippen LogP contribution in [-0.4, -0.2) is 75.4 Å². The quantitative estimate of drug-likeness (QED) is 0.180. The topological polar surface area (TPSA) is 198 Å². The molecule has 0 saturated carbocycles. The van der Waals surface area contributed by atoms with E-state index in [9.17, 15) is 14.4 Å². The van der Waals surface area contributed by atoms with Crippen LogP contribution in [0.3, 0.4) is 0 Å². The van der Waals surface area contributed by atoms with E-state index in [1.807, 2.05) is 0 Å². The van der Waals surface area contributed by atoms with Crippen molar-refractivity contribution in [1.82, 2.24) is 34.5 Å². The molecule has 1 unspecified atom stereocenters. The van der Waals surface area contributed by atoms with Gasteiger partial charge in [0.2, 0.25) is 17.7 Å². The Morgan fingerprint density at radius 2 is 1.55 bits per heavy atom. The first-order valence-electron chi connectivity index (χ1n) is 15.9. The predicted octanol–water partition coefficient (Wildman–Crippen LogP) is 6.24. The van der Waals surface area contributed by atoms with E-state index in [0.717, 1.165) is 44.9 Å². The number of carbonyl (C=O) groups excluding carboxylic acids is 4. The van der Waals surface area contributed by atoms with Gasteiger partial charge in [-0.25, -0.2) is 29.3 Å². The molecule has 15 nitrogen and oxygen atoms in total. The normalized spacial score (nSPS) is 17.5. The van der Waals surface area contributed by atoms with Crippen LogP contribution in [0.4, 0.5) is 33.3 Å². The molecular weight excluding hydrogens is 829 g/mol. The zero-order valence-corrected chi connectivity index (χ0v) is 32.0. The number of amides is 4. The molecule has 55 heavy (non-hydrogen) atoms. The van der Waals surface area contributed by atoms with E-state index in [-0.39, 0.29) is 74.3 Å². The predicted molar refractivity (Wildman–Crippen MR) is 208 cm³/mol. The van der Waals surface area contributed by atoms with Gasteiger partial charge in [-0.2, -0.15) is 0 Å². The number of hydrogen-bond donors (Lipinski definition) is 3. The number of pyridine rings is 5. The minimum absolute atomic E-state index is 0.0663. The summed E-state index contributed by atoms with van der Waals surface area (Å²) in [5.41, 5.74) is 1.93. The van der Waals surface area contributed by atoms with Gasteiger partial charge in [-0.1, -0.05) is 16.1 Å². The summed E-state index contributed by atoms with van der Waals surface area (Å²) < 4.78 is 20.6. The summed E-state index contributed by atoms with van der Waals surface area (Å²) in [6, 6.07) is 8.08. The third-order valence-corrected chi connectivity index (χ3v) is 13.9. The van der Waals surface area contributed by atoms with E-state index in [2.05, 4.69) is 46.7 Å². The Labute approximate surface area is 334 Å². The number of halogens is 2. The van der Waals surface area contributed by atoms with Crippen LogP contribution in [-0.2, 0) is 19.2 Å². The van der Waals surface area contributed by atoms with E-state index in [1.165, 1.54) is 29.6 Å². The molecule has 0 bridgehead atoms. The summed E-state index contributed by atoms with van der Waals surface area (Å²) in [6.07, 6.45) is 4.61. The molecule has 0 fully saturated rings. The highest BCUT2D eigenvalue weighted by molar-refractivity contribution is 8.01. The van der Waals surface area contributed by atoms with Crippen LogP contribution in [0.2, 0.25) is 5.02 Å². The van der Waals surface area contributed by atoms with Crippen molar-refractivity contribution >= 4 is 133 Å². The summed E-state index contributed by atoms with van der Waals surface area (Å²) in [7, 11) is 0. The van der Waals surface area contributed by atoms with Gasteiger partial charge in [-0.15, -0.1) is 52.1 Å². The molecule has 0 aliphatic carbocycles. The van der Waals surface area contributed by atoms with Crippen LogP contribution in [0.25, 0.3) is 32.9 Å². The molecule has 1 radical (unpaired) electrons. The standard InChI is InChI=1S/C33H16ClFN11O4S5/c34-13-4-18-29(40-21(48)9-52-18)42-23(13)27-33(50)46(31-14(35)5-19-30(43-31)41-22(49)10-53-19)25-12(11-3-16-32(37-6-11)55-45-44-16)7-36-24(26(25)54-27)15-1-2-17-28(38-15)39-20(47)8-51-17/h1-6,27H,8-10H2,(H,38,39,47)(H,40,42,48)(H,41,43,49). The highest BCUT2D eigenvalue weighted by Gasteiger charge is 2.44. The van der Waals surface area contributed by atoms with Crippen molar-refractivity contribution < 1.29 is 23.6 Å². The van der Waals surface area contributed by atoms with Gasteiger partial charge in [0, 0.05) is 28.9 Å². The number of fused-ring (bicyclic) bond motifs is 5. The van der Waals surface area contributed by atoms with Gasteiger partial charge in [0.1, 0.15) is 40.1 Å². The van der Waals surface area contributed by atoms with Crippen molar-refractivity contribution in [1.29, 1.82) is 0 Å². The van der Waals surface area contributed by atoms with Crippen LogP contribution in [0.15, 0.2) is 56.1 Å². The molecule has 10 heterocycles. The van der Waals surface area contributed by atoms with Crippen molar-refractivity contribution in [3.63, 3.8) is 0 Å². The third kappa shape index (κ3) is 5.96. The van der Waals surface area contributed by atoms with Crippen molar-refractivity contribution in [2.75, 3.05) is 38.1 Å². The summed E-state index contributed by atoms with van der Waals surface area (Å²) in [5, 5.41) is 11.3. The maximum Gasteiger partial charge on any atom is 0.252 e. The van der Waals surface area contributed by atoms with Crippen LogP contribution in [0, 0.1) is 12.0 Å². The SMILES string of the molecule is O=C1CSc2ccc(-c3n[c]c(-c4cnc5snnc5c4)c4c3SC(c3nc5c(cc3Cl)SCC(=O)N5)C(=O)N4c3nc4c(cc3F)SCC(=O)N4)nc2N1. The smallest absolute Gasteiger partial charge is 0.252 e. The Balaban J connectivity index is 1.25. The van der Waals surface area contributed by atoms with Crippen molar-refractivity contribution in [3.8, 4) is 22.5 Å². The van der Waals surface area contributed by atoms with Gasteiger partial charge in [-0.05, 0) is 30.3 Å². The van der Waals surface area contributed by atoms with Gasteiger partial charge in [-0.3, -0.25) is 24.1 Å². The molecule has 6 aromatic rings. The van der Waals surface area contributed by atoms with Gasteiger partial charge in [0.05, 0.1) is 58.9 Å². The molecule has 22 heteroatoms. The van der Waals surface area contributed by atoms with E-state index >= 15 is 9.18 Å². The highest BCUT2D eigenvalue weighted by Crippen LogP contribution is 2.56. The fraction of sp³-hybridized carbons (Fsp3) is 0.121. The maximum absolute atomic E-state index is 16.6. The summed E-state index contributed by atoms with van der Waals surface area (Å²) in [6.45, 7) is 0. The molecular formula is C33H16ClFN11O4S5. The minimum Gasteiger partial charge on any atom is -0.309 e. The summed E-state index contributed by atoms with van der Waals surface area (Å²) in [5.74, 6) is -1.70. The molecule has 6 aromatic heterocycles. The number of aromatic nitrogens is 7. The number of hydrogen-bond acceptors (Lipinski definition) is 16. The van der Waals surface area contributed by atoms with E-state index in [1.54, 1.807) is 30.5 Å². The monoisotopic (exact) mass is 844 g/mol. The maximum atomic E-state index is 16.6. The van der Waals surface area contributed by atoms with Crippen molar-refractivity contribution in [2.45, 2.75) is 24.8 Å². The van der Waals surface area contributed by atoms with Crippen LogP contribution < -0.4 is 20.9 Å². The summed E-state index contributed by atoms with van der Waals surface area (Å²) in [4.78, 5) is 79.3. The van der Waals surface area contributed by atoms with Crippen LogP contribution in [0.1, 0.15) is 10.9 Å². The average molecular weight is 845 g/mol. The van der Waals surface area contributed by atoms with Crippen LogP contribution >= 0.6 is 70.2 Å². The Kier molecular flexibility index (Phi) is 8.40. The molecule has 10 rings (SSSR count). The number of nitrogens with one attached hydrogen (secondary N) is 3. The lowest BCUT2D eigenvalue weighted by Crippen LogP contribution is -2.36. The van der Waals surface area contributed by atoms with Gasteiger partial charge >= 0.3 is 0 Å². The first kappa shape index (κ1) is 34.6. The average Bonchev–Trinajstić information content (AvgIpc) is 3.65. The first-order chi connectivity index (χ1) is 26.7. The molecule has 271 valence electrons. The molecule has 4 aliphatic rings. The molecule has 3 N–H and O–H groups in total. The molecule has 0 aromatic carbocycles. The summed E-state index contributed by atoms with van der Waals surface area (Å²) >= 11 is 12.7. The number of nitrogens with zero attached hydrogens (tertiary/aromatic N) is 8. The molecule has 0 saturated heterocycles. The Morgan fingerprint density at radius 1 is 0.855 bits per heavy atom. The first-order valence-corrected chi connectivity index (χ1v) is 20.9. The third-order valence-electron chi connectivity index (χ3n) is 8.55. The fourth-order valence-corrected chi connectivity index (χ4v) is 10.7. The largest absolute Gasteiger partial charge is 0.309 e. The zero-order valence-electron chi connectivity index (χ0n) is 27.2. The number of anilines is 5. The second-order valence-corrected chi connectivity index (χ2v) is 17.3. The lowest BCUT2D eigenvalue weighted by molar-refractivity contribution is -0.118. The Morgan fingerprint density at radius 3 is 2.31 bits per heavy atom. The van der Waals surface area contributed by atoms with E-state index < -0.39 is 22.8 Å². The van der Waals surface area contributed by atoms with Gasteiger partial charge < -0.3 is 16.0 Å². The lowest BCUT2D eigenvalue weighted by Gasteiger charge is -2.36. The molecule has 4 aliphatic heterocycles. The number of thioether (sulfide) groups is 4. The van der Waals surface area contributed by atoms with Crippen LogP contribution in [0.5, 0.6) is 0 Å². The highest BCUT2D eigenvalue weighted by atomic mass is 35.5. The minimum atomic E-state index is -1.25. The van der Waals surface area contributed by atoms with Gasteiger partial charge in [0.25, 0.3) is 5.91 Å². The second-order valence-electron chi connectivity index (χ2n) is 12.0. The fourth-order valence-electron chi connectivity index (χ4n) is 6.15. The van der Waals surface area contributed by atoms with Crippen molar-refractivity contribution in [2.24, 2.45) is 0 Å². The molecule has 0 spiro atoms.